The maximum absolute atomic E-state index is 13.5. The van der Waals surface area contributed by atoms with E-state index >= 15 is 0 Å². The maximum Gasteiger partial charge on any atom is 0.321 e. The van der Waals surface area contributed by atoms with Crippen molar-refractivity contribution in [2.45, 2.75) is 18.9 Å². The van der Waals surface area contributed by atoms with Gasteiger partial charge in [-0.05, 0) is 37.1 Å². The van der Waals surface area contributed by atoms with Crippen LogP contribution in [0, 0.1) is 5.92 Å². The summed E-state index contributed by atoms with van der Waals surface area (Å²) in [6.07, 6.45) is 0.659. The highest BCUT2D eigenvalue weighted by Crippen LogP contribution is 2.35. The van der Waals surface area contributed by atoms with Gasteiger partial charge in [0.05, 0.1) is 18.2 Å². The van der Waals surface area contributed by atoms with E-state index in [2.05, 4.69) is 10.6 Å². The lowest BCUT2D eigenvalue weighted by atomic mass is 9.95. The number of carbonyl (C=O) groups is 3. The van der Waals surface area contributed by atoms with Crippen molar-refractivity contribution in [1.82, 2.24) is 10.2 Å². The molecule has 2 aliphatic heterocycles. The molecule has 1 saturated heterocycles. The number of likely N-dealkylation sites (N-methyl/N-ethyl adjacent to an activating group) is 1. The van der Waals surface area contributed by atoms with E-state index in [1.165, 1.54) is 0 Å². The van der Waals surface area contributed by atoms with Gasteiger partial charge in [0.15, 0.2) is 6.10 Å². The van der Waals surface area contributed by atoms with Crippen LogP contribution in [-0.2, 0) is 9.59 Å². The van der Waals surface area contributed by atoms with E-state index in [0.29, 0.717) is 30.9 Å². The minimum Gasteiger partial charge on any atom is -0.477 e. The number of amides is 4. The quantitative estimate of drug-likeness (QED) is 0.795. The van der Waals surface area contributed by atoms with Crippen molar-refractivity contribution in [1.29, 1.82) is 0 Å². The van der Waals surface area contributed by atoms with Gasteiger partial charge >= 0.3 is 6.03 Å². The highest BCUT2D eigenvalue weighted by Gasteiger charge is 2.38. The van der Waals surface area contributed by atoms with Crippen molar-refractivity contribution in [2.75, 3.05) is 36.9 Å². The molecule has 0 saturated carbocycles. The molecule has 0 radical (unpaired) electrons. The molecule has 0 unspecified atom stereocenters. The Labute approximate surface area is 181 Å². The molecule has 2 aromatic rings. The third-order valence-electron chi connectivity index (χ3n) is 5.66. The summed E-state index contributed by atoms with van der Waals surface area (Å²) < 4.78 is 5.80. The fourth-order valence-electron chi connectivity index (χ4n) is 4.05. The molecule has 4 amide bonds. The lowest BCUT2D eigenvalue weighted by molar-refractivity contribution is -0.128. The first-order valence-corrected chi connectivity index (χ1v) is 10.5. The molecule has 162 valence electrons. The van der Waals surface area contributed by atoms with Gasteiger partial charge in [0.1, 0.15) is 5.75 Å². The van der Waals surface area contributed by atoms with Gasteiger partial charge < -0.3 is 25.2 Å². The molecule has 2 N–H and O–H groups in total. The van der Waals surface area contributed by atoms with E-state index in [1.807, 2.05) is 48.5 Å². The van der Waals surface area contributed by atoms with Crippen LogP contribution in [0.5, 0.6) is 5.75 Å². The topological polar surface area (TPSA) is 91.0 Å². The molecule has 0 aromatic heterocycles. The highest BCUT2D eigenvalue weighted by molar-refractivity contribution is 5.99. The van der Waals surface area contributed by atoms with Crippen LogP contribution in [0.15, 0.2) is 54.6 Å². The summed E-state index contributed by atoms with van der Waals surface area (Å²) in [5.41, 5.74) is 1.37. The first-order chi connectivity index (χ1) is 15.1. The number of nitrogens with zero attached hydrogens (tertiary/aromatic N) is 2. The Morgan fingerprint density at radius 1 is 1.00 bits per heavy atom. The molecule has 31 heavy (non-hydrogen) atoms. The van der Waals surface area contributed by atoms with Crippen molar-refractivity contribution in [3.63, 3.8) is 0 Å². The predicted molar refractivity (Wildman–Crippen MR) is 117 cm³/mol. The van der Waals surface area contributed by atoms with Gasteiger partial charge in [-0.2, -0.15) is 0 Å². The number of fused-ring (bicyclic) bond motifs is 1. The molecular weight excluding hydrogens is 396 g/mol. The van der Waals surface area contributed by atoms with Gasteiger partial charge in [-0.25, -0.2) is 4.79 Å². The summed E-state index contributed by atoms with van der Waals surface area (Å²) in [4.78, 5) is 41.7. The van der Waals surface area contributed by atoms with E-state index < -0.39 is 6.10 Å². The summed E-state index contributed by atoms with van der Waals surface area (Å²) in [7, 11) is 1.54. The van der Waals surface area contributed by atoms with Crippen molar-refractivity contribution in [2.24, 2.45) is 5.92 Å². The number of hydrogen-bond donors (Lipinski definition) is 2. The molecule has 2 atom stereocenters. The number of anilines is 2. The smallest absolute Gasteiger partial charge is 0.321 e. The second kappa shape index (κ2) is 9.07. The number of urea groups is 1. The van der Waals surface area contributed by atoms with Crippen molar-refractivity contribution >= 4 is 29.2 Å². The number of para-hydroxylation sites is 3. The third-order valence-corrected chi connectivity index (χ3v) is 5.66. The first kappa shape index (κ1) is 20.7. The molecule has 0 aliphatic carbocycles. The zero-order valence-corrected chi connectivity index (χ0v) is 17.4. The standard InChI is InChI=1S/C23H26N4O4/c1-24-21(28)20-15-27(18-11-5-6-12-19(18)31-20)22(29)16-8-7-13-26(14-16)23(30)25-17-9-3-2-4-10-17/h2-6,9-12,16,20H,7-8,13-15H2,1H3,(H,24,28)(H,25,30)/t16-,20+/m1/s1. The maximum atomic E-state index is 13.5. The third kappa shape index (κ3) is 4.47. The largest absolute Gasteiger partial charge is 0.477 e. The van der Waals surface area contributed by atoms with Gasteiger partial charge in [-0.15, -0.1) is 0 Å². The van der Waals surface area contributed by atoms with E-state index in [9.17, 15) is 14.4 Å². The van der Waals surface area contributed by atoms with E-state index in [4.69, 9.17) is 4.74 Å². The van der Waals surface area contributed by atoms with E-state index in [0.717, 1.165) is 12.1 Å². The normalized spacial score (nSPS) is 20.3. The second-order valence-corrected chi connectivity index (χ2v) is 7.72. The molecule has 0 bridgehead atoms. The van der Waals surface area contributed by atoms with Crippen molar-refractivity contribution in [3.8, 4) is 5.75 Å². The number of benzene rings is 2. The van der Waals surface area contributed by atoms with Gasteiger partial charge in [-0.1, -0.05) is 30.3 Å². The summed E-state index contributed by atoms with van der Waals surface area (Å²) in [6.45, 7) is 1.08. The molecule has 1 fully saturated rings. The molecule has 0 spiro atoms. The fraction of sp³-hybridized carbons (Fsp3) is 0.348. The molecule has 4 rings (SSSR count). The number of ether oxygens (including phenoxy) is 1. The zero-order valence-electron chi connectivity index (χ0n) is 17.4. The fourth-order valence-corrected chi connectivity index (χ4v) is 4.05. The Balaban J connectivity index is 1.49. The van der Waals surface area contributed by atoms with Crippen LogP contribution < -0.4 is 20.3 Å². The first-order valence-electron chi connectivity index (χ1n) is 10.5. The van der Waals surface area contributed by atoms with E-state index in [1.54, 1.807) is 22.9 Å². The Hall–Kier alpha value is -3.55. The molecule has 2 aliphatic rings. The Morgan fingerprint density at radius 3 is 2.52 bits per heavy atom. The van der Waals surface area contributed by atoms with Crippen LogP contribution in [0.3, 0.4) is 0 Å². The van der Waals surface area contributed by atoms with Crippen LogP contribution in [0.4, 0.5) is 16.2 Å². The van der Waals surface area contributed by atoms with Crippen LogP contribution in [0.25, 0.3) is 0 Å². The minimum absolute atomic E-state index is 0.0955. The lowest BCUT2D eigenvalue weighted by Gasteiger charge is -2.38. The average Bonchev–Trinajstić information content (AvgIpc) is 2.83. The summed E-state index contributed by atoms with van der Waals surface area (Å²) >= 11 is 0. The van der Waals surface area contributed by atoms with Crippen LogP contribution in [0.1, 0.15) is 12.8 Å². The number of rotatable bonds is 3. The average molecular weight is 422 g/mol. The highest BCUT2D eigenvalue weighted by atomic mass is 16.5. The van der Waals surface area contributed by atoms with Crippen LogP contribution >= 0.6 is 0 Å². The Morgan fingerprint density at radius 2 is 1.74 bits per heavy atom. The van der Waals surface area contributed by atoms with Crippen LogP contribution in [0.2, 0.25) is 0 Å². The molecule has 8 nitrogen and oxygen atoms in total. The molecule has 8 heteroatoms. The number of likely N-dealkylation sites (tertiary alicyclic amines) is 1. The predicted octanol–water partition coefficient (Wildman–Crippen LogP) is 2.47. The van der Waals surface area contributed by atoms with Crippen molar-refractivity contribution in [3.05, 3.63) is 54.6 Å². The van der Waals surface area contributed by atoms with E-state index in [-0.39, 0.29) is 30.3 Å². The monoisotopic (exact) mass is 422 g/mol. The molecular formula is C23H26N4O4. The van der Waals surface area contributed by atoms with Gasteiger partial charge in [0.2, 0.25) is 5.91 Å². The number of piperidine rings is 1. The van der Waals surface area contributed by atoms with Gasteiger partial charge in [0, 0.05) is 25.8 Å². The minimum atomic E-state index is -0.773. The zero-order chi connectivity index (χ0) is 21.8. The summed E-state index contributed by atoms with van der Waals surface area (Å²) in [5.74, 6) is -0.210. The molecule has 2 heterocycles. The Bertz CT molecular complexity index is 965. The SMILES string of the molecule is CNC(=O)[C@@H]1CN(C(=O)[C@@H]2CCCN(C(=O)Nc3ccccc3)C2)c2ccccc2O1. The van der Waals surface area contributed by atoms with Crippen molar-refractivity contribution < 1.29 is 19.1 Å². The number of hydrogen-bond acceptors (Lipinski definition) is 4. The second-order valence-electron chi connectivity index (χ2n) is 7.72. The van der Waals surface area contributed by atoms with Gasteiger partial charge in [-0.3, -0.25) is 9.59 Å². The number of nitrogens with one attached hydrogen (secondary N) is 2. The summed E-state index contributed by atoms with van der Waals surface area (Å²) in [6, 6.07) is 16.3. The van der Waals surface area contributed by atoms with Crippen LogP contribution in [-0.4, -0.2) is 55.5 Å². The number of carbonyl (C=O) groups excluding carboxylic acids is 3. The molecule has 2 aromatic carbocycles. The lowest BCUT2D eigenvalue weighted by Crippen LogP contribution is -2.54. The summed E-state index contributed by atoms with van der Waals surface area (Å²) in [5, 5.41) is 5.47. The Kier molecular flexibility index (Phi) is 6.06. The van der Waals surface area contributed by atoms with Gasteiger partial charge in [0.25, 0.3) is 5.91 Å².